The third-order valence-electron chi connectivity index (χ3n) is 8.13. The lowest BCUT2D eigenvalue weighted by Gasteiger charge is -2.37. The van der Waals surface area contributed by atoms with Gasteiger partial charge in [0.2, 0.25) is 11.8 Å². The summed E-state index contributed by atoms with van der Waals surface area (Å²) in [5.74, 6) is -3.25. The molecule has 3 fully saturated rings. The van der Waals surface area contributed by atoms with Crippen LogP contribution in [0.3, 0.4) is 0 Å². The molecular weight excluding hydrogens is 571 g/mol. The van der Waals surface area contributed by atoms with Crippen LogP contribution in [0.25, 0.3) is 11.0 Å². The van der Waals surface area contributed by atoms with E-state index in [0.717, 1.165) is 35.2 Å². The minimum absolute atomic E-state index is 0.0416. The maximum absolute atomic E-state index is 13.1. The molecule has 3 aromatic rings. The number of ketones is 1. The standard InChI is InChI=1S/C28H32F3N7O3S/c1-15-2-5-20-24(16-8-17(9-16)25(39)22(32)14-42(40)13-21(29)26(30)31)35-28(36-27(20)34-15)37-6-7-41-23(12-37)18-10-33-38(11-18)19-3-4-19/h2,5,10-11,16-17,19,22-23H,3-4,6-9,12-14,32H2,1H3/t16-,17-,22-,23+,42?/m0/s1. The topological polar surface area (TPSA) is 135 Å². The molecule has 3 aliphatic rings. The van der Waals surface area contributed by atoms with Gasteiger partial charge < -0.3 is 19.9 Å². The van der Waals surface area contributed by atoms with Crippen LogP contribution >= 0.6 is 0 Å². The quantitative estimate of drug-likeness (QED) is 0.345. The molecule has 6 rings (SSSR count). The summed E-state index contributed by atoms with van der Waals surface area (Å²) in [5.41, 5.74) is 9.18. The van der Waals surface area contributed by atoms with Gasteiger partial charge >= 0.3 is 6.08 Å². The van der Waals surface area contributed by atoms with Crippen LogP contribution < -0.4 is 10.6 Å². The molecule has 3 atom stereocenters. The number of hydrogen-bond acceptors (Lipinski definition) is 9. The molecule has 1 unspecified atom stereocenters. The van der Waals surface area contributed by atoms with Crippen molar-refractivity contribution >= 4 is 33.9 Å². The van der Waals surface area contributed by atoms with E-state index in [4.69, 9.17) is 20.4 Å². The smallest absolute Gasteiger partial charge is 0.306 e. The van der Waals surface area contributed by atoms with Crippen molar-refractivity contribution in [3.05, 3.63) is 53.4 Å². The molecule has 0 bridgehead atoms. The fourth-order valence-electron chi connectivity index (χ4n) is 5.57. The Bertz CT molecular complexity index is 1510. The normalized spacial score (nSPS) is 23.9. The Labute approximate surface area is 243 Å². The van der Waals surface area contributed by atoms with Gasteiger partial charge in [-0.1, -0.05) is 0 Å². The highest BCUT2D eigenvalue weighted by atomic mass is 32.2. The van der Waals surface area contributed by atoms with Crippen molar-refractivity contribution in [1.29, 1.82) is 0 Å². The molecule has 42 heavy (non-hydrogen) atoms. The number of pyridine rings is 1. The van der Waals surface area contributed by atoms with Gasteiger partial charge in [-0.05, 0) is 55.9 Å². The second-order valence-corrected chi connectivity index (χ2v) is 12.8. The van der Waals surface area contributed by atoms with Crippen molar-refractivity contribution in [2.24, 2.45) is 11.7 Å². The second kappa shape index (κ2) is 11.9. The summed E-state index contributed by atoms with van der Waals surface area (Å²) in [6.07, 6.45) is 4.51. The van der Waals surface area contributed by atoms with Gasteiger partial charge in [-0.25, -0.2) is 14.4 Å². The minimum atomic E-state index is -2.51. The number of carbonyl (C=O) groups excluding carboxylic acids is 1. The van der Waals surface area contributed by atoms with E-state index in [1.54, 1.807) is 0 Å². The summed E-state index contributed by atoms with van der Waals surface area (Å²) in [6, 6.07) is 3.21. The van der Waals surface area contributed by atoms with Crippen molar-refractivity contribution in [1.82, 2.24) is 24.7 Å². The number of carbonyl (C=O) groups is 1. The molecule has 0 spiro atoms. The second-order valence-electron chi connectivity index (χ2n) is 11.3. The third-order valence-corrected chi connectivity index (χ3v) is 9.44. The molecular formula is C28H32F3N7O3S. The van der Waals surface area contributed by atoms with Gasteiger partial charge in [0, 0.05) is 41.2 Å². The van der Waals surface area contributed by atoms with Gasteiger partial charge in [0.25, 0.3) is 0 Å². The Morgan fingerprint density at radius 1 is 1.21 bits per heavy atom. The molecule has 1 saturated heterocycles. The highest BCUT2D eigenvalue weighted by molar-refractivity contribution is 7.91. The molecule has 2 aliphatic carbocycles. The van der Waals surface area contributed by atoms with Crippen molar-refractivity contribution < 1.29 is 27.3 Å². The number of aryl methyl sites for hydroxylation is 1. The molecule has 224 valence electrons. The minimum Gasteiger partial charge on any atom is -0.616 e. The van der Waals surface area contributed by atoms with Crippen LogP contribution in [0.15, 0.2) is 36.4 Å². The lowest BCUT2D eigenvalue weighted by atomic mass is 9.69. The van der Waals surface area contributed by atoms with Gasteiger partial charge in [0.1, 0.15) is 17.9 Å². The zero-order valence-corrected chi connectivity index (χ0v) is 23.9. The Balaban J connectivity index is 1.16. The zero-order valence-electron chi connectivity index (χ0n) is 23.1. The summed E-state index contributed by atoms with van der Waals surface area (Å²) >= 11 is -2.01. The van der Waals surface area contributed by atoms with Crippen LogP contribution in [-0.4, -0.2) is 72.3 Å². The molecule has 2 N–H and O–H groups in total. The lowest BCUT2D eigenvalue weighted by Crippen LogP contribution is -2.45. The van der Waals surface area contributed by atoms with Crippen LogP contribution in [0, 0.1) is 12.8 Å². The van der Waals surface area contributed by atoms with Gasteiger partial charge in [-0.15, -0.1) is 0 Å². The van der Waals surface area contributed by atoms with Gasteiger partial charge in [0.15, 0.2) is 17.2 Å². The number of nitrogens with zero attached hydrogens (tertiary/aromatic N) is 6. The van der Waals surface area contributed by atoms with Crippen molar-refractivity contribution in [2.45, 2.75) is 56.7 Å². The Hall–Kier alpha value is -3.07. The van der Waals surface area contributed by atoms with E-state index in [1.807, 2.05) is 29.9 Å². The van der Waals surface area contributed by atoms with Crippen molar-refractivity contribution in [3.63, 3.8) is 0 Å². The maximum Gasteiger partial charge on any atom is 0.306 e. The predicted molar refractivity (Wildman–Crippen MR) is 150 cm³/mol. The molecule has 1 aliphatic heterocycles. The average molecular weight is 604 g/mol. The van der Waals surface area contributed by atoms with Crippen molar-refractivity contribution in [3.8, 4) is 0 Å². The number of nitrogens with two attached hydrogens (primary N) is 1. The molecule has 4 heterocycles. The largest absolute Gasteiger partial charge is 0.616 e. The Kier molecular flexibility index (Phi) is 8.22. The van der Waals surface area contributed by atoms with Gasteiger partial charge in [0.05, 0.1) is 31.1 Å². The third kappa shape index (κ3) is 6.17. The van der Waals surface area contributed by atoms with E-state index in [1.165, 1.54) is 0 Å². The Morgan fingerprint density at radius 2 is 2.00 bits per heavy atom. The number of Topliss-reactive ketones (excluding diaryl/α,β-unsaturated/α-hetero) is 1. The zero-order chi connectivity index (χ0) is 29.5. The lowest BCUT2D eigenvalue weighted by molar-refractivity contribution is -0.126. The highest BCUT2D eigenvalue weighted by Gasteiger charge is 2.40. The molecule has 14 heteroatoms. The summed E-state index contributed by atoms with van der Waals surface area (Å²) in [4.78, 5) is 29.4. The fourth-order valence-corrected chi connectivity index (χ4v) is 6.65. The molecule has 3 aromatic heterocycles. The van der Waals surface area contributed by atoms with Crippen LogP contribution in [0.2, 0.25) is 0 Å². The summed E-state index contributed by atoms with van der Waals surface area (Å²) in [7, 11) is 0. The fraction of sp³-hybridized carbons (Fsp3) is 0.536. The first-order valence-electron chi connectivity index (χ1n) is 14.1. The molecule has 2 saturated carbocycles. The van der Waals surface area contributed by atoms with Crippen LogP contribution in [0.5, 0.6) is 0 Å². The highest BCUT2D eigenvalue weighted by Crippen LogP contribution is 2.44. The van der Waals surface area contributed by atoms with Crippen LogP contribution in [-0.2, 0) is 20.7 Å². The SMILES string of the molecule is Cc1ccc2c(n1)nc(N1CCO[C@@H](c3cnn(C4CC4)c3)C1)nc2[C@H]1C[C@H](C(=O)[C@@H](N)C[S+]([O-])CC(F)=C(F)F)C1. The van der Waals surface area contributed by atoms with Crippen LogP contribution in [0.4, 0.5) is 19.1 Å². The van der Waals surface area contributed by atoms with E-state index in [2.05, 4.69) is 21.2 Å². The number of ether oxygens (including phenoxy) is 1. The molecule has 0 aromatic carbocycles. The van der Waals surface area contributed by atoms with Crippen LogP contribution in [0.1, 0.15) is 60.7 Å². The first kappa shape index (κ1) is 29.0. The summed E-state index contributed by atoms with van der Waals surface area (Å²) < 4.78 is 57.9. The van der Waals surface area contributed by atoms with E-state index in [0.29, 0.717) is 50.2 Å². The Morgan fingerprint density at radius 3 is 2.74 bits per heavy atom. The number of anilines is 1. The maximum atomic E-state index is 13.1. The van der Waals surface area contributed by atoms with E-state index in [9.17, 15) is 22.5 Å². The van der Waals surface area contributed by atoms with E-state index >= 15 is 0 Å². The van der Waals surface area contributed by atoms with E-state index < -0.39 is 34.9 Å². The molecule has 0 radical (unpaired) electrons. The predicted octanol–water partition coefficient (Wildman–Crippen LogP) is 3.66. The number of rotatable bonds is 10. The number of aromatic nitrogens is 5. The van der Waals surface area contributed by atoms with E-state index in [-0.39, 0.29) is 29.5 Å². The molecule has 0 amide bonds. The number of morpholine rings is 1. The number of hydrogen-bond donors (Lipinski definition) is 1. The molecule has 10 nitrogen and oxygen atoms in total. The summed E-state index contributed by atoms with van der Waals surface area (Å²) in [6.45, 7) is 3.58. The average Bonchev–Trinajstić information content (AvgIpc) is 3.67. The number of fused-ring (bicyclic) bond motifs is 1. The first-order chi connectivity index (χ1) is 20.2. The first-order valence-corrected chi connectivity index (χ1v) is 15.5. The number of halogens is 3. The monoisotopic (exact) mass is 603 g/mol. The van der Waals surface area contributed by atoms with Gasteiger partial charge in [-0.2, -0.15) is 18.9 Å². The van der Waals surface area contributed by atoms with Crippen molar-refractivity contribution in [2.75, 3.05) is 36.1 Å². The summed E-state index contributed by atoms with van der Waals surface area (Å²) in [5, 5.41) is 5.32. The van der Waals surface area contributed by atoms with Gasteiger partial charge in [-0.3, -0.25) is 9.48 Å².